The smallest absolute Gasteiger partial charge is 0.0635 e. The second kappa shape index (κ2) is 7.15. The SMILES string of the molecule is N#CCCNC1CCN(CCc2ccccc2)C1. The van der Waals surface area contributed by atoms with Gasteiger partial charge >= 0.3 is 0 Å². The zero-order valence-corrected chi connectivity index (χ0v) is 10.8. The van der Waals surface area contributed by atoms with E-state index < -0.39 is 0 Å². The van der Waals surface area contributed by atoms with E-state index in [9.17, 15) is 0 Å². The van der Waals surface area contributed by atoms with Gasteiger partial charge in [-0.1, -0.05) is 30.3 Å². The molecule has 18 heavy (non-hydrogen) atoms. The summed E-state index contributed by atoms with van der Waals surface area (Å²) in [5, 5.41) is 11.9. The van der Waals surface area contributed by atoms with Crippen LogP contribution in [0.25, 0.3) is 0 Å². The Kier molecular flexibility index (Phi) is 5.19. The lowest BCUT2D eigenvalue weighted by Crippen LogP contribution is -2.33. The van der Waals surface area contributed by atoms with E-state index >= 15 is 0 Å². The van der Waals surface area contributed by atoms with E-state index in [4.69, 9.17) is 5.26 Å². The van der Waals surface area contributed by atoms with E-state index in [1.807, 2.05) is 0 Å². The molecule has 1 atom stereocenters. The first kappa shape index (κ1) is 13.1. The lowest BCUT2D eigenvalue weighted by atomic mass is 10.1. The zero-order valence-electron chi connectivity index (χ0n) is 10.8. The molecular weight excluding hydrogens is 222 g/mol. The maximum Gasteiger partial charge on any atom is 0.0635 e. The predicted octanol–water partition coefficient (Wildman–Crippen LogP) is 1.81. The van der Waals surface area contributed by atoms with E-state index in [-0.39, 0.29) is 0 Å². The van der Waals surface area contributed by atoms with Gasteiger partial charge in [0.2, 0.25) is 0 Å². The third-order valence-corrected chi connectivity index (χ3v) is 3.50. The van der Waals surface area contributed by atoms with Crippen LogP contribution in [0.1, 0.15) is 18.4 Å². The van der Waals surface area contributed by atoms with Gasteiger partial charge in [0.25, 0.3) is 0 Å². The minimum atomic E-state index is 0.578. The molecule has 3 heteroatoms. The number of rotatable bonds is 6. The minimum absolute atomic E-state index is 0.578. The average molecular weight is 243 g/mol. The Hall–Kier alpha value is -1.37. The van der Waals surface area contributed by atoms with Crippen LogP contribution in [-0.2, 0) is 6.42 Å². The molecule has 0 saturated carbocycles. The summed E-state index contributed by atoms with van der Waals surface area (Å²) >= 11 is 0. The van der Waals surface area contributed by atoms with Crippen LogP contribution in [0.15, 0.2) is 30.3 Å². The molecule has 0 aromatic heterocycles. The first-order chi connectivity index (χ1) is 8.88. The topological polar surface area (TPSA) is 39.1 Å². The molecule has 1 fully saturated rings. The highest BCUT2D eigenvalue weighted by Gasteiger charge is 2.20. The Labute approximate surface area is 109 Å². The largest absolute Gasteiger partial charge is 0.312 e. The highest BCUT2D eigenvalue weighted by atomic mass is 15.2. The first-order valence-electron chi connectivity index (χ1n) is 6.75. The molecule has 1 saturated heterocycles. The molecule has 96 valence electrons. The Morgan fingerprint density at radius 2 is 2.17 bits per heavy atom. The van der Waals surface area contributed by atoms with Crippen LogP contribution in [0, 0.1) is 11.3 Å². The van der Waals surface area contributed by atoms with Gasteiger partial charge in [0.1, 0.15) is 0 Å². The molecule has 1 aliphatic heterocycles. The second-order valence-electron chi connectivity index (χ2n) is 4.88. The Balaban J connectivity index is 1.65. The summed E-state index contributed by atoms with van der Waals surface area (Å²) in [7, 11) is 0. The standard InChI is InChI=1S/C15H21N3/c16-9-4-10-17-15-8-12-18(13-15)11-7-14-5-2-1-3-6-14/h1-3,5-6,15,17H,4,7-8,10-13H2. The number of hydrogen-bond donors (Lipinski definition) is 1. The van der Waals surface area contributed by atoms with Gasteiger partial charge in [-0.3, -0.25) is 0 Å². The van der Waals surface area contributed by atoms with E-state index in [0.717, 1.165) is 26.1 Å². The summed E-state index contributed by atoms with van der Waals surface area (Å²) < 4.78 is 0. The molecule has 0 aliphatic carbocycles. The van der Waals surface area contributed by atoms with Crippen molar-refractivity contribution >= 4 is 0 Å². The molecule has 1 N–H and O–H groups in total. The maximum atomic E-state index is 8.50. The van der Waals surface area contributed by atoms with Crippen LogP contribution in [0.3, 0.4) is 0 Å². The molecule has 0 amide bonds. The van der Waals surface area contributed by atoms with Gasteiger partial charge in [-0.15, -0.1) is 0 Å². The Bertz CT molecular complexity index is 382. The fraction of sp³-hybridized carbons (Fsp3) is 0.533. The molecule has 0 bridgehead atoms. The molecule has 1 aromatic rings. The van der Waals surface area contributed by atoms with Crippen molar-refractivity contribution in [1.29, 1.82) is 5.26 Å². The van der Waals surface area contributed by atoms with Crippen molar-refractivity contribution in [2.45, 2.75) is 25.3 Å². The van der Waals surface area contributed by atoms with Crippen LogP contribution in [-0.4, -0.2) is 37.1 Å². The zero-order chi connectivity index (χ0) is 12.6. The monoisotopic (exact) mass is 243 g/mol. The molecule has 0 spiro atoms. The minimum Gasteiger partial charge on any atom is -0.312 e. The van der Waals surface area contributed by atoms with Crippen LogP contribution >= 0.6 is 0 Å². The van der Waals surface area contributed by atoms with Gasteiger partial charge in [0.05, 0.1) is 6.07 Å². The molecule has 0 radical (unpaired) electrons. The average Bonchev–Trinajstić information content (AvgIpc) is 2.86. The fourth-order valence-electron chi connectivity index (χ4n) is 2.47. The summed E-state index contributed by atoms with van der Waals surface area (Å²) in [6, 6.07) is 13.4. The quantitative estimate of drug-likeness (QED) is 0.774. The summed E-state index contributed by atoms with van der Waals surface area (Å²) in [5.41, 5.74) is 1.42. The number of hydrogen-bond acceptors (Lipinski definition) is 3. The number of nitrogens with zero attached hydrogens (tertiary/aromatic N) is 2. The van der Waals surface area contributed by atoms with Gasteiger partial charge in [-0.2, -0.15) is 5.26 Å². The van der Waals surface area contributed by atoms with Crippen LogP contribution in [0.4, 0.5) is 0 Å². The van der Waals surface area contributed by atoms with E-state index in [0.29, 0.717) is 12.5 Å². The number of nitriles is 1. The van der Waals surface area contributed by atoms with Crippen LogP contribution < -0.4 is 5.32 Å². The maximum absolute atomic E-state index is 8.50. The third-order valence-electron chi connectivity index (χ3n) is 3.50. The van der Waals surface area contributed by atoms with Crippen molar-refractivity contribution in [2.24, 2.45) is 0 Å². The molecule has 1 aromatic carbocycles. The molecular formula is C15H21N3. The summed E-state index contributed by atoms with van der Waals surface area (Å²) in [4.78, 5) is 2.51. The molecule has 2 rings (SSSR count). The number of nitrogens with one attached hydrogen (secondary N) is 1. The van der Waals surface area contributed by atoms with Gasteiger partial charge in [0, 0.05) is 32.1 Å². The van der Waals surface area contributed by atoms with Crippen molar-refractivity contribution in [2.75, 3.05) is 26.2 Å². The summed E-state index contributed by atoms with van der Waals surface area (Å²) in [5.74, 6) is 0. The Morgan fingerprint density at radius 3 is 2.94 bits per heavy atom. The molecule has 1 heterocycles. The predicted molar refractivity (Wildman–Crippen MR) is 73.2 cm³/mol. The van der Waals surface area contributed by atoms with Gasteiger partial charge in [-0.05, 0) is 24.9 Å². The van der Waals surface area contributed by atoms with Crippen LogP contribution in [0.5, 0.6) is 0 Å². The van der Waals surface area contributed by atoms with Gasteiger partial charge in [-0.25, -0.2) is 0 Å². The second-order valence-corrected chi connectivity index (χ2v) is 4.88. The van der Waals surface area contributed by atoms with Crippen LogP contribution in [0.2, 0.25) is 0 Å². The summed E-state index contributed by atoms with van der Waals surface area (Å²) in [6.07, 6.45) is 2.95. The van der Waals surface area contributed by atoms with E-state index in [1.54, 1.807) is 0 Å². The fourth-order valence-corrected chi connectivity index (χ4v) is 2.47. The third kappa shape index (κ3) is 4.14. The number of benzene rings is 1. The lowest BCUT2D eigenvalue weighted by molar-refractivity contribution is 0.332. The van der Waals surface area contributed by atoms with Crippen molar-refractivity contribution in [3.63, 3.8) is 0 Å². The Morgan fingerprint density at radius 1 is 1.33 bits per heavy atom. The van der Waals surface area contributed by atoms with Gasteiger partial charge < -0.3 is 10.2 Å². The van der Waals surface area contributed by atoms with Gasteiger partial charge in [0.15, 0.2) is 0 Å². The highest BCUT2D eigenvalue weighted by Crippen LogP contribution is 2.10. The number of likely N-dealkylation sites (tertiary alicyclic amines) is 1. The van der Waals surface area contributed by atoms with E-state index in [1.165, 1.54) is 18.5 Å². The lowest BCUT2D eigenvalue weighted by Gasteiger charge is -2.16. The highest BCUT2D eigenvalue weighted by molar-refractivity contribution is 5.14. The molecule has 1 aliphatic rings. The first-order valence-corrected chi connectivity index (χ1v) is 6.75. The molecule has 3 nitrogen and oxygen atoms in total. The van der Waals surface area contributed by atoms with Crippen molar-refractivity contribution in [1.82, 2.24) is 10.2 Å². The normalized spacial score (nSPS) is 19.8. The van der Waals surface area contributed by atoms with Crippen molar-refractivity contribution < 1.29 is 0 Å². The summed E-state index contributed by atoms with van der Waals surface area (Å²) in [6.45, 7) is 4.27. The van der Waals surface area contributed by atoms with E-state index in [2.05, 4.69) is 46.6 Å². The van der Waals surface area contributed by atoms with Crippen molar-refractivity contribution in [3.05, 3.63) is 35.9 Å². The van der Waals surface area contributed by atoms with Crippen molar-refractivity contribution in [3.8, 4) is 6.07 Å². The molecule has 1 unspecified atom stereocenters.